The minimum Gasteiger partial charge on any atom is -0.339 e. The highest BCUT2D eigenvalue weighted by molar-refractivity contribution is 6.08. The fourth-order valence-corrected chi connectivity index (χ4v) is 5.60. The molecule has 0 atom stereocenters. The van der Waals surface area contributed by atoms with Crippen molar-refractivity contribution in [3.05, 3.63) is 101 Å². The van der Waals surface area contributed by atoms with Gasteiger partial charge in [-0.3, -0.25) is 19.5 Å². The number of aryl methyl sites for hydroxylation is 1. The third-order valence-electron chi connectivity index (χ3n) is 7.72. The van der Waals surface area contributed by atoms with Crippen molar-refractivity contribution in [2.45, 2.75) is 26.8 Å². The number of amides is 2. The van der Waals surface area contributed by atoms with Crippen molar-refractivity contribution in [1.29, 1.82) is 0 Å². The van der Waals surface area contributed by atoms with Gasteiger partial charge in [-0.1, -0.05) is 24.3 Å². The predicted octanol–water partition coefficient (Wildman–Crippen LogP) is 5.80. The van der Waals surface area contributed by atoms with Crippen LogP contribution in [-0.2, 0) is 17.8 Å². The molecule has 0 saturated carbocycles. The van der Waals surface area contributed by atoms with Crippen LogP contribution in [-0.4, -0.2) is 46.6 Å². The summed E-state index contributed by atoms with van der Waals surface area (Å²) in [4.78, 5) is 37.8. The van der Waals surface area contributed by atoms with Crippen molar-refractivity contribution in [2.24, 2.45) is 4.99 Å². The summed E-state index contributed by atoms with van der Waals surface area (Å²) >= 11 is 0. The Hall–Kier alpha value is -4.78. The summed E-state index contributed by atoms with van der Waals surface area (Å²) in [6.07, 6.45) is 6.01. The number of carbonyl (C=O) groups is 2. The van der Waals surface area contributed by atoms with Gasteiger partial charge in [-0.25, -0.2) is 4.98 Å². The Bertz CT molecular complexity index is 1730. The molecule has 194 valence electrons. The zero-order chi connectivity index (χ0) is 27.3. The monoisotopic (exact) mass is 515 g/mol. The van der Waals surface area contributed by atoms with E-state index < -0.39 is 0 Å². The zero-order valence-electron chi connectivity index (χ0n) is 22.3. The number of aromatic nitrogens is 2. The smallest absolute Gasteiger partial charge is 0.270 e. The molecule has 39 heavy (non-hydrogen) atoms. The van der Waals surface area contributed by atoms with E-state index in [0.29, 0.717) is 25.2 Å². The van der Waals surface area contributed by atoms with Crippen molar-refractivity contribution >= 4 is 52.1 Å². The second-order valence-corrected chi connectivity index (χ2v) is 10.1. The maximum atomic E-state index is 12.9. The summed E-state index contributed by atoms with van der Waals surface area (Å²) in [5.41, 5.74) is 9.37. The molecule has 2 amide bonds. The van der Waals surface area contributed by atoms with E-state index in [9.17, 15) is 9.59 Å². The van der Waals surface area contributed by atoms with Gasteiger partial charge in [-0.2, -0.15) is 0 Å². The van der Waals surface area contributed by atoms with E-state index in [1.807, 2.05) is 80.1 Å². The lowest BCUT2D eigenvalue weighted by molar-refractivity contribution is -0.116. The molecule has 2 aromatic heterocycles. The van der Waals surface area contributed by atoms with E-state index in [2.05, 4.69) is 22.8 Å². The van der Waals surface area contributed by atoms with Gasteiger partial charge in [-0.15, -0.1) is 0 Å². The van der Waals surface area contributed by atoms with Crippen molar-refractivity contribution in [1.82, 2.24) is 14.5 Å². The molecule has 4 heterocycles. The molecule has 0 bridgehead atoms. The average Bonchev–Trinajstić information content (AvgIpc) is 3.49. The van der Waals surface area contributed by atoms with Gasteiger partial charge in [0.25, 0.3) is 5.91 Å². The number of likely N-dealkylation sites (N-methyl/N-ethyl adjacent to an activating group) is 1. The molecule has 0 radical (unpaired) electrons. The van der Waals surface area contributed by atoms with Crippen molar-refractivity contribution < 1.29 is 9.59 Å². The first-order valence-corrected chi connectivity index (χ1v) is 13.0. The second-order valence-electron chi connectivity index (χ2n) is 10.1. The van der Waals surface area contributed by atoms with E-state index in [-0.39, 0.29) is 11.8 Å². The first-order valence-electron chi connectivity index (χ1n) is 13.0. The number of benzene rings is 2. The molecule has 0 spiro atoms. The van der Waals surface area contributed by atoms with Crippen LogP contribution in [0, 0.1) is 6.92 Å². The molecule has 0 N–H and O–H groups in total. The Kier molecular flexibility index (Phi) is 5.99. The number of rotatable bonds is 5. The van der Waals surface area contributed by atoms with Crippen LogP contribution in [0.2, 0.25) is 0 Å². The van der Waals surface area contributed by atoms with Crippen molar-refractivity contribution in [3.8, 4) is 0 Å². The van der Waals surface area contributed by atoms with Crippen LogP contribution in [0.25, 0.3) is 22.2 Å². The zero-order valence-corrected chi connectivity index (χ0v) is 22.3. The van der Waals surface area contributed by atoms with E-state index in [0.717, 1.165) is 55.8 Å². The van der Waals surface area contributed by atoms with Gasteiger partial charge in [-0.05, 0) is 84.8 Å². The molecule has 7 nitrogen and oxygen atoms in total. The minimum absolute atomic E-state index is 0.00124. The molecular weight excluding hydrogens is 486 g/mol. The van der Waals surface area contributed by atoms with Gasteiger partial charge in [0.2, 0.25) is 5.91 Å². The number of allylic oxidation sites excluding steroid dienone is 3. The third-order valence-corrected chi connectivity index (χ3v) is 7.72. The SMILES string of the molecule is C=N/C=C(\C=C(/C)c1ccc(N2C(=O)Cc3c(C)cccc32)cc1)c1ccnc2c1cc1n2CCN(C)C1=O. The quantitative estimate of drug-likeness (QED) is 0.249. The number of anilines is 2. The molecule has 2 aliphatic rings. The number of pyridine rings is 1. The summed E-state index contributed by atoms with van der Waals surface area (Å²) in [7, 11) is 1.82. The van der Waals surface area contributed by atoms with Crippen molar-refractivity contribution in [2.75, 3.05) is 18.5 Å². The molecule has 4 aromatic rings. The van der Waals surface area contributed by atoms with Gasteiger partial charge in [0.15, 0.2) is 0 Å². The van der Waals surface area contributed by atoms with E-state index >= 15 is 0 Å². The molecule has 2 aromatic carbocycles. The molecule has 0 unspecified atom stereocenters. The van der Waals surface area contributed by atoms with Gasteiger partial charge < -0.3 is 9.47 Å². The first kappa shape index (κ1) is 24.6. The lowest BCUT2D eigenvalue weighted by Gasteiger charge is -2.24. The maximum Gasteiger partial charge on any atom is 0.270 e. The van der Waals surface area contributed by atoms with Gasteiger partial charge >= 0.3 is 0 Å². The predicted molar refractivity (Wildman–Crippen MR) is 156 cm³/mol. The van der Waals surface area contributed by atoms with Crippen LogP contribution < -0.4 is 4.90 Å². The Balaban J connectivity index is 1.35. The summed E-state index contributed by atoms with van der Waals surface area (Å²) in [6, 6.07) is 18.0. The van der Waals surface area contributed by atoms with Gasteiger partial charge in [0.1, 0.15) is 11.3 Å². The Morgan fingerprint density at radius 2 is 1.87 bits per heavy atom. The molecular formula is C32H29N5O2. The Morgan fingerprint density at radius 1 is 1.08 bits per heavy atom. The minimum atomic E-state index is -0.00124. The van der Waals surface area contributed by atoms with E-state index in [1.54, 1.807) is 22.2 Å². The van der Waals surface area contributed by atoms with E-state index in [1.165, 1.54) is 0 Å². The topological polar surface area (TPSA) is 70.8 Å². The fraction of sp³-hybridized carbons (Fsp3) is 0.188. The second kappa shape index (κ2) is 9.51. The standard InChI is InChI=1S/C32H29N5O2/c1-20-6-5-7-28-26(20)18-30(38)37(28)24-10-8-22(9-11-24)21(2)16-23(19-33-3)25-12-13-34-31-27(25)17-29-32(39)35(4)14-15-36(29)31/h5-13,16-17,19H,3,14-15,18H2,1-2,4H3/b21-16+,23-19+. The number of nitrogens with zero attached hydrogens (tertiary/aromatic N) is 5. The first-order chi connectivity index (χ1) is 18.9. The Morgan fingerprint density at radius 3 is 2.64 bits per heavy atom. The molecule has 7 heteroatoms. The number of hydrogen-bond acceptors (Lipinski definition) is 4. The lowest BCUT2D eigenvalue weighted by Crippen LogP contribution is -2.36. The number of hydrogen-bond donors (Lipinski definition) is 0. The van der Waals surface area contributed by atoms with Gasteiger partial charge in [0.05, 0.1) is 12.1 Å². The molecule has 0 saturated heterocycles. The van der Waals surface area contributed by atoms with Crippen LogP contribution in [0.1, 0.15) is 39.7 Å². The highest BCUT2D eigenvalue weighted by Crippen LogP contribution is 2.38. The fourth-order valence-electron chi connectivity index (χ4n) is 5.60. The van der Waals surface area contributed by atoms with Crippen LogP contribution >= 0.6 is 0 Å². The number of carbonyl (C=O) groups excluding carboxylic acids is 2. The van der Waals surface area contributed by atoms with E-state index in [4.69, 9.17) is 0 Å². The molecule has 0 fully saturated rings. The van der Waals surface area contributed by atoms with Gasteiger partial charge in [0, 0.05) is 49.2 Å². The largest absolute Gasteiger partial charge is 0.339 e. The van der Waals surface area contributed by atoms with Crippen LogP contribution in [0.3, 0.4) is 0 Å². The van der Waals surface area contributed by atoms with Crippen LogP contribution in [0.15, 0.2) is 78.1 Å². The summed E-state index contributed by atoms with van der Waals surface area (Å²) in [5.74, 6) is 0.0851. The highest BCUT2D eigenvalue weighted by atomic mass is 16.2. The summed E-state index contributed by atoms with van der Waals surface area (Å²) in [6.45, 7) is 9.15. The molecule has 2 aliphatic heterocycles. The normalized spacial score (nSPS) is 15.7. The molecule has 0 aliphatic carbocycles. The maximum absolute atomic E-state index is 12.9. The van der Waals surface area contributed by atoms with Crippen LogP contribution in [0.5, 0.6) is 0 Å². The summed E-state index contributed by atoms with van der Waals surface area (Å²) in [5, 5.41) is 0.909. The third kappa shape index (κ3) is 4.07. The Labute approximate surface area is 227 Å². The number of fused-ring (bicyclic) bond motifs is 4. The lowest BCUT2D eigenvalue weighted by atomic mass is 9.99. The average molecular weight is 516 g/mol. The number of aliphatic imine (C=N–C) groups is 1. The highest BCUT2D eigenvalue weighted by Gasteiger charge is 2.29. The van der Waals surface area contributed by atoms with Crippen molar-refractivity contribution in [3.63, 3.8) is 0 Å². The summed E-state index contributed by atoms with van der Waals surface area (Å²) < 4.78 is 1.99. The van der Waals surface area contributed by atoms with Crippen LogP contribution in [0.4, 0.5) is 11.4 Å². The molecule has 6 rings (SSSR count).